The van der Waals surface area contributed by atoms with Crippen molar-refractivity contribution in [2.75, 3.05) is 11.9 Å². The van der Waals surface area contributed by atoms with E-state index in [-0.39, 0.29) is 12.5 Å². The molecule has 1 amide bonds. The highest BCUT2D eigenvalue weighted by Crippen LogP contribution is 2.30. The summed E-state index contributed by atoms with van der Waals surface area (Å²) < 4.78 is 5.51. The first-order chi connectivity index (χ1) is 12.5. The molecule has 3 nitrogen and oxygen atoms in total. The summed E-state index contributed by atoms with van der Waals surface area (Å²) in [5, 5.41) is 3.99. The molecule has 0 unspecified atom stereocenters. The van der Waals surface area contributed by atoms with Crippen molar-refractivity contribution in [1.82, 2.24) is 0 Å². The van der Waals surface area contributed by atoms with E-state index in [1.165, 1.54) is 0 Å². The van der Waals surface area contributed by atoms with E-state index in [2.05, 4.69) is 5.32 Å². The number of rotatable bonds is 5. The maximum atomic E-state index is 12.0. The van der Waals surface area contributed by atoms with Crippen LogP contribution in [0.2, 0.25) is 15.1 Å². The lowest BCUT2D eigenvalue weighted by Crippen LogP contribution is -2.20. The zero-order chi connectivity index (χ0) is 18.5. The summed E-state index contributed by atoms with van der Waals surface area (Å²) in [5.74, 6) is 0.0946. The number of nitrogens with one attached hydrogen (secondary N) is 1. The molecule has 26 heavy (non-hydrogen) atoms. The second-order valence-corrected chi connectivity index (χ2v) is 6.79. The van der Waals surface area contributed by atoms with Gasteiger partial charge in [0.25, 0.3) is 5.91 Å². The van der Waals surface area contributed by atoms with Gasteiger partial charge in [0.2, 0.25) is 0 Å². The average Bonchev–Trinajstić information content (AvgIpc) is 2.60. The molecule has 0 aliphatic rings. The van der Waals surface area contributed by atoms with Crippen LogP contribution in [0.4, 0.5) is 5.69 Å². The highest BCUT2D eigenvalue weighted by Gasteiger charge is 2.09. The first-order valence-corrected chi connectivity index (χ1v) is 8.88. The molecular formula is C20H14Cl3NO2. The maximum Gasteiger partial charge on any atom is 0.262 e. The molecule has 0 saturated heterocycles. The highest BCUT2D eigenvalue weighted by molar-refractivity contribution is 6.35. The third kappa shape index (κ3) is 4.92. The molecule has 3 rings (SSSR count). The Hall–Kier alpha value is -2.20. The van der Waals surface area contributed by atoms with Gasteiger partial charge >= 0.3 is 0 Å². The Bertz CT molecular complexity index is 909. The van der Waals surface area contributed by atoms with E-state index >= 15 is 0 Å². The Morgan fingerprint density at radius 1 is 0.846 bits per heavy atom. The highest BCUT2D eigenvalue weighted by atomic mass is 35.5. The minimum atomic E-state index is -0.341. The van der Waals surface area contributed by atoms with Gasteiger partial charge in [0, 0.05) is 15.7 Å². The number of hydrogen-bond donors (Lipinski definition) is 1. The van der Waals surface area contributed by atoms with Crippen LogP contribution in [0.1, 0.15) is 0 Å². The smallest absolute Gasteiger partial charge is 0.262 e. The number of carbonyl (C=O) groups is 1. The molecule has 132 valence electrons. The van der Waals surface area contributed by atoms with Crippen LogP contribution in [0.25, 0.3) is 11.1 Å². The van der Waals surface area contributed by atoms with E-state index in [4.69, 9.17) is 39.5 Å². The van der Waals surface area contributed by atoms with Crippen LogP contribution in [0.15, 0.2) is 66.7 Å². The zero-order valence-electron chi connectivity index (χ0n) is 13.5. The van der Waals surface area contributed by atoms with Crippen molar-refractivity contribution in [3.63, 3.8) is 0 Å². The molecule has 6 heteroatoms. The molecule has 0 aliphatic carbocycles. The molecule has 1 N–H and O–H groups in total. The quantitative estimate of drug-likeness (QED) is 0.537. The molecule has 0 aromatic heterocycles. The lowest BCUT2D eigenvalue weighted by atomic mass is 10.1. The van der Waals surface area contributed by atoms with E-state index in [1.807, 2.05) is 36.4 Å². The molecule has 3 aromatic carbocycles. The van der Waals surface area contributed by atoms with Gasteiger partial charge in [-0.2, -0.15) is 0 Å². The van der Waals surface area contributed by atoms with E-state index in [1.54, 1.807) is 30.3 Å². The summed E-state index contributed by atoms with van der Waals surface area (Å²) in [6.45, 7) is -0.186. The number of benzene rings is 3. The van der Waals surface area contributed by atoms with Gasteiger partial charge in [0.05, 0.1) is 5.02 Å². The van der Waals surface area contributed by atoms with Crippen molar-refractivity contribution in [2.24, 2.45) is 0 Å². The van der Waals surface area contributed by atoms with Gasteiger partial charge < -0.3 is 10.1 Å². The molecular weight excluding hydrogens is 393 g/mol. The van der Waals surface area contributed by atoms with Gasteiger partial charge in [-0.15, -0.1) is 0 Å². The second-order valence-electron chi connectivity index (χ2n) is 5.51. The first kappa shape index (κ1) is 18.6. The minimum Gasteiger partial charge on any atom is -0.482 e. The van der Waals surface area contributed by atoms with Crippen LogP contribution >= 0.6 is 34.8 Å². The van der Waals surface area contributed by atoms with E-state index < -0.39 is 0 Å². The zero-order valence-corrected chi connectivity index (χ0v) is 15.8. The van der Waals surface area contributed by atoms with Crippen LogP contribution in [0, 0.1) is 0 Å². The van der Waals surface area contributed by atoms with Crippen LogP contribution in [0.3, 0.4) is 0 Å². The standard InChI is InChI=1S/C20H14Cl3NO2/c21-15-9-16(22)11-17(10-15)24-20(25)12-26-19-7-6-14(8-18(19)23)13-4-2-1-3-5-13/h1-11H,12H2,(H,24,25). The summed E-state index contributed by atoms with van der Waals surface area (Å²) in [6, 6.07) is 20.1. The van der Waals surface area contributed by atoms with Crippen molar-refractivity contribution >= 4 is 46.4 Å². The van der Waals surface area contributed by atoms with Gasteiger partial charge in [0.15, 0.2) is 6.61 Å². The summed E-state index contributed by atoms with van der Waals surface area (Å²) in [5.41, 5.74) is 2.53. The van der Waals surface area contributed by atoms with Crippen molar-refractivity contribution in [2.45, 2.75) is 0 Å². The van der Waals surface area contributed by atoms with Gasteiger partial charge in [-0.1, -0.05) is 71.2 Å². The van der Waals surface area contributed by atoms with Crippen LogP contribution in [0.5, 0.6) is 5.75 Å². The molecule has 0 atom stereocenters. The monoisotopic (exact) mass is 405 g/mol. The van der Waals surface area contributed by atoms with E-state index in [9.17, 15) is 4.79 Å². The predicted octanol–water partition coefficient (Wildman–Crippen LogP) is 6.33. The molecule has 0 aliphatic heterocycles. The Balaban J connectivity index is 1.63. The molecule has 0 spiro atoms. The first-order valence-electron chi connectivity index (χ1n) is 7.75. The van der Waals surface area contributed by atoms with Gasteiger partial charge in [-0.25, -0.2) is 0 Å². The number of carbonyl (C=O) groups excluding carboxylic acids is 1. The molecule has 3 aromatic rings. The Morgan fingerprint density at radius 3 is 2.19 bits per heavy atom. The largest absolute Gasteiger partial charge is 0.482 e. The fourth-order valence-corrected chi connectivity index (χ4v) is 3.16. The second kappa shape index (κ2) is 8.45. The molecule has 0 saturated carbocycles. The van der Waals surface area contributed by atoms with Crippen molar-refractivity contribution < 1.29 is 9.53 Å². The van der Waals surface area contributed by atoms with Crippen molar-refractivity contribution in [3.05, 3.63) is 81.8 Å². The van der Waals surface area contributed by atoms with Crippen molar-refractivity contribution in [1.29, 1.82) is 0 Å². The Morgan fingerprint density at radius 2 is 1.54 bits per heavy atom. The van der Waals surface area contributed by atoms with E-state index in [0.717, 1.165) is 11.1 Å². The minimum absolute atomic E-state index is 0.186. The number of halogens is 3. The lowest BCUT2D eigenvalue weighted by Gasteiger charge is -2.10. The predicted molar refractivity (Wildman–Crippen MR) is 107 cm³/mol. The van der Waals surface area contributed by atoms with Crippen LogP contribution in [-0.2, 0) is 4.79 Å². The Kier molecular flexibility index (Phi) is 6.04. The summed E-state index contributed by atoms with van der Waals surface area (Å²) in [4.78, 5) is 12.0. The van der Waals surface area contributed by atoms with Gasteiger partial charge in [0.1, 0.15) is 5.75 Å². The lowest BCUT2D eigenvalue weighted by molar-refractivity contribution is -0.118. The third-order valence-corrected chi connectivity index (χ3v) is 4.28. The maximum absolute atomic E-state index is 12.0. The fourth-order valence-electron chi connectivity index (χ4n) is 2.39. The Labute approximate surface area is 166 Å². The summed E-state index contributed by atoms with van der Waals surface area (Å²) in [6.07, 6.45) is 0. The molecule has 0 radical (unpaired) electrons. The van der Waals surface area contributed by atoms with E-state index in [0.29, 0.717) is 26.5 Å². The number of ether oxygens (including phenoxy) is 1. The molecule has 0 bridgehead atoms. The van der Waals surface area contributed by atoms with Crippen LogP contribution < -0.4 is 10.1 Å². The van der Waals surface area contributed by atoms with Crippen LogP contribution in [-0.4, -0.2) is 12.5 Å². The number of anilines is 1. The third-order valence-electron chi connectivity index (χ3n) is 3.54. The normalized spacial score (nSPS) is 10.4. The fraction of sp³-hybridized carbons (Fsp3) is 0.0500. The van der Waals surface area contributed by atoms with Gasteiger partial charge in [-0.3, -0.25) is 4.79 Å². The number of hydrogen-bond acceptors (Lipinski definition) is 2. The number of amides is 1. The molecule has 0 fully saturated rings. The summed E-state index contributed by atoms with van der Waals surface area (Å²) in [7, 11) is 0. The topological polar surface area (TPSA) is 38.3 Å². The molecule has 0 heterocycles. The SMILES string of the molecule is O=C(COc1ccc(-c2ccccc2)cc1Cl)Nc1cc(Cl)cc(Cl)c1. The van der Waals surface area contributed by atoms with Crippen molar-refractivity contribution in [3.8, 4) is 16.9 Å². The average molecular weight is 407 g/mol. The summed E-state index contributed by atoms with van der Waals surface area (Å²) >= 11 is 18.1. The van der Waals surface area contributed by atoms with Gasteiger partial charge in [-0.05, 0) is 41.5 Å².